The zero-order valence-electron chi connectivity index (χ0n) is 10.7. The highest BCUT2D eigenvalue weighted by Gasteiger charge is 2.35. The van der Waals surface area contributed by atoms with Crippen molar-refractivity contribution in [3.63, 3.8) is 0 Å². The zero-order chi connectivity index (χ0) is 13.8. The lowest BCUT2D eigenvalue weighted by molar-refractivity contribution is -0.146. The van der Waals surface area contributed by atoms with Crippen molar-refractivity contribution < 1.29 is 14.7 Å². The molecule has 0 aliphatic heterocycles. The van der Waals surface area contributed by atoms with Gasteiger partial charge in [0.25, 0.3) is 0 Å². The quantitative estimate of drug-likeness (QED) is 0.815. The van der Waals surface area contributed by atoms with E-state index in [1.165, 1.54) is 0 Å². The van der Waals surface area contributed by atoms with Crippen LogP contribution in [0, 0.1) is 11.8 Å². The van der Waals surface area contributed by atoms with Gasteiger partial charge in [0, 0.05) is 6.20 Å². The van der Waals surface area contributed by atoms with Crippen molar-refractivity contribution in [3.8, 4) is 0 Å². The number of allylic oxidation sites excluding steroid dienone is 2. The largest absolute Gasteiger partial charge is 0.481 e. The molecule has 1 aromatic rings. The molecular weight excluding hydrogens is 244 g/mol. The van der Waals surface area contributed by atoms with E-state index < -0.39 is 17.8 Å². The Hall–Kier alpha value is -2.17. The van der Waals surface area contributed by atoms with Crippen molar-refractivity contribution in [1.29, 1.82) is 0 Å². The third-order valence-corrected chi connectivity index (χ3v) is 3.33. The van der Waals surface area contributed by atoms with Gasteiger partial charge >= 0.3 is 5.97 Å². The molecule has 5 nitrogen and oxygen atoms in total. The lowest BCUT2D eigenvalue weighted by Crippen LogP contribution is -2.35. The van der Waals surface area contributed by atoms with Crippen LogP contribution in [0.15, 0.2) is 36.2 Å². The number of hydrogen-bond acceptors (Lipinski definition) is 3. The molecule has 2 rings (SSSR count). The molecule has 0 bridgehead atoms. The second-order valence-corrected chi connectivity index (χ2v) is 4.77. The second-order valence-electron chi connectivity index (χ2n) is 4.77. The van der Waals surface area contributed by atoms with Crippen LogP contribution in [-0.4, -0.2) is 22.0 Å². The number of carbonyl (C=O) groups is 2. The minimum Gasteiger partial charge on any atom is -0.481 e. The van der Waals surface area contributed by atoms with E-state index in [-0.39, 0.29) is 5.91 Å². The van der Waals surface area contributed by atoms with E-state index in [0.29, 0.717) is 18.5 Å². The van der Waals surface area contributed by atoms with Gasteiger partial charge < -0.3 is 10.4 Å². The second kappa shape index (κ2) is 5.65. The lowest BCUT2D eigenvalue weighted by Gasteiger charge is -2.26. The van der Waals surface area contributed by atoms with Crippen molar-refractivity contribution in [2.75, 3.05) is 5.32 Å². The highest BCUT2D eigenvalue weighted by Crippen LogP contribution is 2.30. The number of anilines is 1. The first-order chi connectivity index (χ1) is 9.08. The van der Waals surface area contributed by atoms with Crippen LogP contribution in [0.4, 0.5) is 5.69 Å². The van der Waals surface area contributed by atoms with Crippen molar-refractivity contribution >= 4 is 17.6 Å². The molecule has 1 aliphatic rings. The van der Waals surface area contributed by atoms with Crippen LogP contribution in [0.2, 0.25) is 0 Å². The number of amides is 1. The number of aromatic nitrogens is 1. The van der Waals surface area contributed by atoms with Gasteiger partial charge in [-0.1, -0.05) is 11.6 Å². The summed E-state index contributed by atoms with van der Waals surface area (Å²) in [7, 11) is 0. The van der Waals surface area contributed by atoms with Gasteiger partial charge in [0.2, 0.25) is 5.91 Å². The van der Waals surface area contributed by atoms with Gasteiger partial charge in [0.1, 0.15) is 0 Å². The summed E-state index contributed by atoms with van der Waals surface area (Å²) in [4.78, 5) is 27.3. The van der Waals surface area contributed by atoms with E-state index in [0.717, 1.165) is 5.57 Å². The van der Waals surface area contributed by atoms with Crippen LogP contribution < -0.4 is 5.32 Å². The fourth-order valence-corrected chi connectivity index (χ4v) is 2.28. The minimum absolute atomic E-state index is 0.257. The number of carbonyl (C=O) groups excluding carboxylic acids is 1. The number of carboxylic acid groups (broad SMARTS) is 1. The van der Waals surface area contributed by atoms with E-state index in [4.69, 9.17) is 0 Å². The summed E-state index contributed by atoms with van der Waals surface area (Å²) >= 11 is 0. The average Bonchev–Trinajstić information content (AvgIpc) is 2.39. The van der Waals surface area contributed by atoms with Crippen molar-refractivity contribution in [2.45, 2.75) is 19.8 Å². The van der Waals surface area contributed by atoms with E-state index in [2.05, 4.69) is 10.3 Å². The van der Waals surface area contributed by atoms with Gasteiger partial charge in [-0.25, -0.2) is 0 Å². The minimum atomic E-state index is -0.921. The number of nitrogens with one attached hydrogen (secondary N) is 1. The van der Waals surface area contributed by atoms with Gasteiger partial charge in [-0.15, -0.1) is 0 Å². The first-order valence-electron chi connectivity index (χ1n) is 6.17. The highest BCUT2D eigenvalue weighted by molar-refractivity contribution is 5.95. The fraction of sp³-hybridized carbons (Fsp3) is 0.357. The Morgan fingerprint density at radius 2 is 2.21 bits per heavy atom. The number of aliphatic carboxylic acids is 1. The molecule has 1 aromatic heterocycles. The zero-order valence-corrected chi connectivity index (χ0v) is 10.7. The van der Waals surface area contributed by atoms with Gasteiger partial charge in [-0.3, -0.25) is 14.6 Å². The molecule has 1 heterocycles. The third-order valence-electron chi connectivity index (χ3n) is 3.33. The molecule has 0 unspecified atom stereocenters. The van der Waals surface area contributed by atoms with E-state index >= 15 is 0 Å². The normalized spacial score (nSPS) is 22.5. The van der Waals surface area contributed by atoms with Crippen LogP contribution in [-0.2, 0) is 9.59 Å². The summed E-state index contributed by atoms with van der Waals surface area (Å²) in [6.45, 7) is 1.92. The van der Waals surface area contributed by atoms with Crippen LogP contribution in [0.25, 0.3) is 0 Å². The van der Waals surface area contributed by atoms with E-state index in [1.54, 1.807) is 24.5 Å². The fourth-order valence-electron chi connectivity index (χ4n) is 2.28. The van der Waals surface area contributed by atoms with Gasteiger partial charge in [0.15, 0.2) is 0 Å². The number of nitrogens with zero attached hydrogens (tertiary/aromatic N) is 1. The van der Waals surface area contributed by atoms with E-state index in [9.17, 15) is 14.7 Å². The van der Waals surface area contributed by atoms with Crippen LogP contribution in [0.3, 0.4) is 0 Å². The summed E-state index contributed by atoms with van der Waals surface area (Å²) in [5.41, 5.74) is 1.65. The Morgan fingerprint density at radius 3 is 2.84 bits per heavy atom. The maximum Gasteiger partial charge on any atom is 0.307 e. The Bertz CT molecular complexity index is 511. The Kier molecular flexibility index (Phi) is 3.94. The summed E-state index contributed by atoms with van der Waals surface area (Å²) in [6, 6.07) is 3.45. The summed E-state index contributed by atoms with van der Waals surface area (Å²) in [6.07, 6.45) is 5.95. The number of rotatable bonds is 3. The molecule has 0 radical (unpaired) electrons. The summed E-state index contributed by atoms with van der Waals surface area (Å²) in [5.74, 6) is -2.36. The average molecular weight is 260 g/mol. The Balaban J connectivity index is 2.12. The topological polar surface area (TPSA) is 79.3 Å². The SMILES string of the molecule is CC1=CC[C@H](C(=O)O)[C@H](C(=O)Nc2cccnc2)C1. The van der Waals surface area contributed by atoms with Gasteiger partial charge in [-0.2, -0.15) is 0 Å². The molecular formula is C14H16N2O3. The third kappa shape index (κ3) is 3.19. The Morgan fingerprint density at radius 1 is 1.42 bits per heavy atom. The molecule has 2 atom stereocenters. The summed E-state index contributed by atoms with van der Waals surface area (Å²) < 4.78 is 0. The highest BCUT2D eigenvalue weighted by atomic mass is 16.4. The molecule has 0 aromatic carbocycles. The molecule has 5 heteroatoms. The van der Waals surface area contributed by atoms with Gasteiger partial charge in [-0.05, 0) is 31.9 Å². The predicted molar refractivity (Wildman–Crippen MR) is 70.5 cm³/mol. The molecule has 0 saturated heterocycles. The first-order valence-corrected chi connectivity index (χ1v) is 6.17. The number of hydrogen-bond donors (Lipinski definition) is 2. The molecule has 0 spiro atoms. The van der Waals surface area contributed by atoms with Crippen LogP contribution in [0.1, 0.15) is 19.8 Å². The standard InChI is InChI=1S/C14H16N2O3/c1-9-4-5-11(14(18)19)12(7-9)13(17)16-10-3-2-6-15-8-10/h2-4,6,8,11-12H,5,7H2,1H3,(H,16,17)(H,18,19)/t11-,12+/m0/s1. The molecule has 100 valence electrons. The first kappa shape index (κ1) is 13.3. The molecule has 1 amide bonds. The molecule has 0 fully saturated rings. The molecule has 0 saturated carbocycles. The smallest absolute Gasteiger partial charge is 0.307 e. The summed E-state index contributed by atoms with van der Waals surface area (Å²) in [5, 5.41) is 11.9. The van der Waals surface area contributed by atoms with Crippen LogP contribution >= 0.6 is 0 Å². The molecule has 19 heavy (non-hydrogen) atoms. The van der Waals surface area contributed by atoms with Crippen molar-refractivity contribution in [2.24, 2.45) is 11.8 Å². The predicted octanol–water partition coefficient (Wildman–Crippen LogP) is 2.08. The van der Waals surface area contributed by atoms with Gasteiger partial charge in [0.05, 0.1) is 23.7 Å². The number of pyridine rings is 1. The lowest BCUT2D eigenvalue weighted by atomic mass is 9.79. The number of carboxylic acids is 1. The maximum absolute atomic E-state index is 12.2. The Labute approximate surface area is 111 Å². The van der Waals surface area contributed by atoms with E-state index in [1.807, 2.05) is 13.0 Å². The molecule has 1 aliphatic carbocycles. The van der Waals surface area contributed by atoms with Crippen molar-refractivity contribution in [1.82, 2.24) is 4.98 Å². The molecule has 2 N–H and O–H groups in total. The van der Waals surface area contributed by atoms with Crippen molar-refractivity contribution in [3.05, 3.63) is 36.2 Å². The van der Waals surface area contributed by atoms with Crippen LogP contribution in [0.5, 0.6) is 0 Å². The maximum atomic E-state index is 12.2. The monoisotopic (exact) mass is 260 g/mol.